The second-order valence-corrected chi connectivity index (χ2v) is 9.33. The van der Waals surface area contributed by atoms with Crippen LogP contribution in [0.2, 0.25) is 0 Å². The summed E-state index contributed by atoms with van der Waals surface area (Å²) in [6.45, 7) is 9.48. The van der Waals surface area contributed by atoms with Gasteiger partial charge in [-0.3, -0.25) is 14.4 Å². The third-order valence-corrected chi connectivity index (χ3v) is 6.32. The van der Waals surface area contributed by atoms with Crippen LogP contribution in [0.5, 0.6) is 0 Å². The number of anilines is 2. The Bertz CT molecular complexity index is 992. The van der Waals surface area contributed by atoms with Gasteiger partial charge in [-0.15, -0.1) is 0 Å². The molecule has 7 nitrogen and oxygen atoms in total. The summed E-state index contributed by atoms with van der Waals surface area (Å²) in [4.78, 5) is 41.8. The summed E-state index contributed by atoms with van der Waals surface area (Å²) in [6, 6.07) is 14.3. The van der Waals surface area contributed by atoms with Gasteiger partial charge < -0.3 is 20.4 Å². The number of nitrogens with zero attached hydrogens (tertiary/aromatic N) is 2. The van der Waals surface area contributed by atoms with Crippen LogP contribution in [0.15, 0.2) is 48.5 Å². The molecule has 35 heavy (non-hydrogen) atoms. The minimum Gasteiger partial charge on any atom is -0.376 e. The molecule has 7 heteroatoms. The SMILES string of the molecule is CCCN(CCC)C(=O)c1ccc(NCC(=O)Nc2cccc(C(=O)N3CCC(C)CC3)c2)cc1. The highest BCUT2D eigenvalue weighted by Gasteiger charge is 2.21. The van der Waals surface area contributed by atoms with Crippen molar-refractivity contribution in [2.45, 2.75) is 46.5 Å². The third kappa shape index (κ3) is 7.57. The fraction of sp³-hybridized carbons (Fsp3) is 0.464. The van der Waals surface area contributed by atoms with E-state index < -0.39 is 0 Å². The number of nitrogens with one attached hydrogen (secondary N) is 2. The van der Waals surface area contributed by atoms with Crippen LogP contribution in [0.4, 0.5) is 11.4 Å². The first-order valence-electron chi connectivity index (χ1n) is 12.7. The molecule has 0 aromatic heterocycles. The number of amides is 3. The summed E-state index contributed by atoms with van der Waals surface area (Å²) < 4.78 is 0. The number of rotatable bonds is 10. The summed E-state index contributed by atoms with van der Waals surface area (Å²) >= 11 is 0. The Kier molecular flexibility index (Phi) is 9.70. The van der Waals surface area contributed by atoms with Gasteiger partial charge in [0.25, 0.3) is 11.8 Å². The predicted molar refractivity (Wildman–Crippen MR) is 141 cm³/mol. The lowest BCUT2D eigenvalue weighted by molar-refractivity contribution is -0.114. The Balaban J connectivity index is 1.52. The molecule has 0 aliphatic carbocycles. The Labute approximate surface area is 208 Å². The predicted octanol–water partition coefficient (Wildman–Crippen LogP) is 4.87. The van der Waals surface area contributed by atoms with E-state index >= 15 is 0 Å². The molecule has 1 heterocycles. The fourth-order valence-electron chi connectivity index (χ4n) is 4.28. The van der Waals surface area contributed by atoms with Gasteiger partial charge in [-0.25, -0.2) is 0 Å². The van der Waals surface area contributed by atoms with Crippen molar-refractivity contribution in [1.82, 2.24) is 9.80 Å². The van der Waals surface area contributed by atoms with E-state index in [4.69, 9.17) is 0 Å². The van der Waals surface area contributed by atoms with Crippen molar-refractivity contribution in [3.8, 4) is 0 Å². The first-order chi connectivity index (χ1) is 16.9. The van der Waals surface area contributed by atoms with Crippen LogP contribution >= 0.6 is 0 Å². The van der Waals surface area contributed by atoms with Crippen LogP contribution in [0.1, 0.15) is 67.2 Å². The number of likely N-dealkylation sites (tertiary alicyclic amines) is 1. The molecule has 1 aliphatic rings. The highest BCUT2D eigenvalue weighted by atomic mass is 16.2. The lowest BCUT2D eigenvalue weighted by Crippen LogP contribution is -2.37. The largest absolute Gasteiger partial charge is 0.376 e. The van der Waals surface area contributed by atoms with Crippen LogP contribution in [0.3, 0.4) is 0 Å². The average molecular weight is 479 g/mol. The number of hydrogen-bond acceptors (Lipinski definition) is 4. The first kappa shape index (κ1) is 26.3. The van der Waals surface area contributed by atoms with E-state index in [-0.39, 0.29) is 24.3 Å². The molecule has 0 unspecified atom stereocenters. The van der Waals surface area contributed by atoms with Crippen molar-refractivity contribution >= 4 is 29.1 Å². The molecule has 188 valence electrons. The molecule has 1 saturated heterocycles. The van der Waals surface area contributed by atoms with E-state index in [1.165, 1.54) is 0 Å². The smallest absolute Gasteiger partial charge is 0.253 e. The van der Waals surface area contributed by atoms with Gasteiger partial charge in [0.2, 0.25) is 5.91 Å². The van der Waals surface area contributed by atoms with Crippen molar-refractivity contribution in [1.29, 1.82) is 0 Å². The molecule has 1 aliphatic heterocycles. The number of piperidine rings is 1. The van der Waals surface area contributed by atoms with Gasteiger partial charge in [-0.2, -0.15) is 0 Å². The Morgan fingerprint density at radius 3 is 2.20 bits per heavy atom. The second kappa shape index (κ2) is 12.9. The monoisotopic (exact) mass is 478 g/mol. The molecule has 0 radical (unpaired) electrons. The Morgan fingerprint density at radius 2 is 1.57 bits per heavy atom. The molecule has 2 N–H and O–H groups in total. The van der Waals surface area contributed by atoms with Crippen molar-refractivity contribution in [3.63, 3.8) is 0 Å². The molecule has 1 fully saturated rings. The van der Waals surface area contributed by atoms with Gasteiger partial charge in [-0.05, 0) is 74.1 Å². The molecule has 0 saturated carbocycles. The fourth-order valence-corrected chi connectivity index (χ4v) is 4.28. The van der Waals surface area contributed by atoms with Gasteiger partial charge in [0.1, 0.15) is 0 Å². The summed E-state index contributed by atoms with van der Waals surface area (Å²) in [7, 11) is 0. The van der Waals surface area contributed by atoms with Gasteiger partial charge in [0.05, 0.1) is 6.54 Å². The zero-order valence-electron chi connectivity index (χ0n) is 21.2. The van der Waals surface area contributed by atoms with Crippen LogP contribution in [-0.2, 0) is 4.79 Å². The van der Waals surface area contributed by atoms with Gasteiger partial charge in [0, 0.05) is 48.7 Å². The van der Waals surface area contributed by atoms with Crippen LogP contribution in [0, 0.1) is 5.92 Å². The minimum atomic E-state index is -0.210. The van der Waals surface area contributed by atoms with E-state index in [1.807, 2.05) is 21.9 Å². The molecule has 0 bridgehead atoms. The van der Waals surface area contributed by atoms with Crippen LogP contribution < -0.4 is 10.6 Å². The zero-order valence-corrected chi connectivity index (χ0v) is 21.2. The van der Waals surface area contributed by atoms with Gasteiger partial charge >= 0.3 is 0 Å². The quantitative estimate of drug-likeness (QED) is 0.510. The summed E-state index contributed by atoms with van der Waals surface area (Å²) in [6.07, 6.45) is 3.90. The van der Waals surface area contributed by atoms with Crippen molar-refractivity contribution < 1.29 is 14.4 Å². The third-order valence-electron chi connectivity index (χ3n) is 6.32. The number of carbonyl (C=O) groups is 3. The molecule has 2 aromatic rings. The normalized spacial score (nSPS) is 13.9. The highest BCUT2D eigenvalue weighted by molar-refractivity contribution is 5.98. The molecular weight excluding hydrogens is 440 g/mol. The van der Waals surface area contributed by atoms with E-state index in [1.54, 1.807) is 36.4 Å². The van der Waals surface area contributed by atoms with E-state index in [0.29, 0.717) is 22.7 Å². The van der Waals surface area contributed by atoms with Crippen molar-refractivity contribution in [2.75, 3.05) is 43.4 Å². The summed E-state index contributed by atoms with van der Waals surface area (Å²) in [5.41, 5.74) is 2.59. The summed E-state index contributed by atoms with van der Waals surface area (Å²) in [5.74, 6) is 0.493. The summed E-state index contributed by atoms with van der Waals surface area (Å²) in [5, 5.41) is 5.95. The lowest BCUT2D eigenvalue weighted by atomic mass is 9.98. The molecule has 0 atom stereocenters. The average Bonchev–Trinajstić information content (AvgIpc) is 2.87. The first-order valence-corrected chi connectivity index (χ1v) is 12.7. The second-order valence-electron chi connectivity index (χ2n) is 9.33. The van der Waals surface area contributed by atoms with Crippen LogP contribution in [0.25, 0.3) is 0 Å². The zero-order chi connectivity index (χ0) is 25.2. The van der Waals surface area contributed by atoms with Crippen molar-refractivity contribution in [2.24, 2.45) is 5.92 Å². The van der Waals surface area contributed by atoms with Gasteiger partial charge in [-0.1, -0.05) is 26.8 Å². The molecule has 2 aromatic carbocycles. The van der Waals surface area contributed by atoms with E-state index in [9.17, 15) is 14.4 Å². The highest BCUT2D eigenvalue weighted by Crippen LogP contribution is 2.20. The molecule has 3 rings (SSSR count). The van der Waals surface area contributed by atoms with E-state index in [2.05, 4.69) is 31.4 Å². The number of carbonyl (C=O) groups excluding carboxylic acids is 3. The molecule has 0 spiro atoms. The van der Waals surface area contributed by atoms with Crippen LogP contribution in [-0.4, -0.2) is 60.2 Å². The topological polar surface area (TPSA) is 81.8 Å². The molecular formula is C28H38N4O3. The maximum absolute atomic E-state index is 12.8. The lowest BCUT2D eigenvalue weighted by Gasteiger charge is -2.30. The van der Waals surface area contributed by atoms with Gasteiger partial charge in [0.15, 0.2) is 0 Å². The Morgan fingerprint density at radius 1 is 0.914 bits per heavy atom. The van der Waals surface area contributed by atoms with Crippen molar-refractivity contribution in [3.05, 3.63) is 59.7 Å². The van der Waals surface area contributed by atoms with E-state index in [0.717, 1.165) is 57.5 Å². The maximum Gasteiger partial charge on any atom is 0.253 e. The number of benzene rings is 2. The maximum atomic E-state index is 12.8. The number of hydrogen-bond donors (Lipinski definition) is 2. The molecule has 3 amide bonds. The minimum absolute atomic E-state index is 0.0113. The standard InChI is InChI=1S/C28H38N4O3/c1-4-15-31(16-5-2)27(34)22-9-11-24(12-10-22)29-20-26(33)30-25-8-6-7-23(19-25)28(35)32-17-13-21(3)14-18-32/h6-12,19,21,29H,4-5,13-18,20H2,1-3H3,(H,30,33). The Hall–Kier alpha value is -3.35.